The van der Waals surface area contributed by atoms with Gasteiger partial charge in [-0.25, -0.2) is 4.98 Å². The number of primary amides is 1. The highest BCUT2D eigenvalue weighted by atomic mass is 35.5. The van der Waals surface area contributed by atoms with Gasteiger partial charge in [-0.3, -0.25) is 14.5 Å². The first-order chi connectivity index (χ1) is 19.0. The number of benzene rings is 2. The largest absolute Gasteiger partial charge is 0.416 e. The molecule has 11 heteroatoms. The van der Waals surface area contributed by atoms with Gasteiger partial charge in [0.2, 0.25) is 11.8 Å². The fraction of sp³-hybridized carbons (Fsp3) is 0.345. The van der Waals surface area contributed by atoms with Crippen LogP contribution in [0.3, 0.4) is 0 Å². The number of aromatic amines is 1. The first-order valence-electron chi connectivity index (χ1n) is 13.0. The lowest BCUT2D eigenvalue weighted by Crippen LogP contribution is -2.49. The van der Waals surface area contributed by atoms with Gasteiger partial charge in [0.1, 0.15) is 5.82 Å². The number of alkyl halides is 3. The molecule has 0 radical (unpaired) electrons. The minimum atomic E-state index is -4.38. The number of anilines is 1. The molecule has 2 aliphatic heterocycles. The molecule has 2 amide bonds. The lowest BCUT2D eigenvalue weighted by molar-refractivity contribution is -0.137. The molecule has 0 aliphatic carbocycles. The van der Waals surface area contributed by atoms with Crippen molar-refractivity contribution in [2.75, 3.05) is 18.0 Å². The van der Waals surface area contributed by atoms with Crippen molar-refractivity contribution in [3.63, 3.8) is 0 Å². The Labute approximate surface area is 234 Å². The summed E-state index contributed by atoms with van der Waals surface area (Å²) < 4.78 is 38.7. The molecular weight excluding hydrogens is 543 g/mol. The number of amides is 2. The van der Waals surface area contributed by atoms with Crippen molar-refractivity contribution < 1.29 is 22.8 Å². The second kappa shape index (κ2) is 11.1. The summed E-state index contributed by atoms with van der Waals surface area (Å²) in [6, 6.07) is 10.4. The van der Waals surface area contributed by atoms with Crippen LogP contribution in [0.1, 0.15) is 48.2 Å². The van der Waals surface area contributed by atoms with Gasteiger partial charge < -0.3 is 15.6 Å². The number of aryl methyl sites for hydroxylation is 1. The number of rotatable bonds is 6. The molecular formula is C29H29ClF3N5O2. The Morgan fingerprint density at radius 2 is 1.88 bits per heavy atom. The zero-order valence-corrected chi connectivity index (χ0v) is 22.6. The maximum atomic E-state index is 13.3. The van der Waals surface area contributed by atoms with E-state index in [9.17, 15) is 22.8 Å². The van der Waals surface area contributed by atoms with Crippen molar-refractivity contribution in [1.29, 1.82) is 0 Å². The van der Waals surface area contributed by atoms with Crippen LogP contribution in [-0.4, -0.2) is 45.8 Å². The molecule has 7 nitrogen and oxygen atoms in total. The van der Waals surface area contributed by atoms with E-state index in [0.717, 1.165) is 66.3 Å². The summed E-state index contributed by atoms with van der Waals surface area (Å²) >= 11 is 6.27. The SMILES string of the molecule is Cc1[nH]c(-c2ccc(C(F)(F)F)cc2)nc1CN1CCC(N2C(=O)C/C(=C/CC(N)=O)c3cc(Cl)ccc32)CC1. The van der Waals surface area contributed by atoms with Crippen LogP contribution in [0.5, 0.6) is 0 Å². The van der Waals surface area contributed by atoms with Gasteiger partial charge in [-0.1, -0.05) is 29.8 Å². The van der Waals surface area contributed by atoms with Crippen molar-refractivity contribution in [3.8, 4) is 11.4 Å². The van der Waals surface area contributed by atoms with Gasteiger partial charge in [-0.2, -0.15) is 13.2 Å². The van der Waals surface area contributed by atoms with Crippen LogP contribution in [0, 0.1) is 6.92 Å². The number of nitrogens with zero attached hydrogens (tertiary/aromatic N) is 3. The molecule has 3 aromatic rings. The van der Waals surface area contributed by atoms with Gasteiger partial charge in [0.05, 0.1) is 23.4 Å². The molecule has 0 atom stereocenters. The van der Waals surface area contributed by atoms with Gasteiger partial charge in [-0.05, 0) is 55.7 Å². The number of likely N-dealkylation sites (tertiary alicyclic amines) is 1. The Hall–Kier alpha value is -3.63. The zero-order valence-electron chi connectivity index (χ0n) is 21.9. The Bertz CT molecular complexity index is 1460. The van der Waals surface area contributed by atoms with Crippen LogP contribution in [0.15, 0.2) is 48.5 Å². The van der Waals surface area contributed by atoms with Crippen LogP contribution in [-0.2, 0) is 22.3 Å². The summed E-state index contributed by atoms with van der Waals surface area (Å²) in [5.41, 5.74) is 9.31. The normalized spacial score (nSPS) is 17.9. The lowest BCUT2D eigenvalue weighted by atomic mass is 9.91. The number of H-pyrrole nitrogens is 1. The van der Waals surface area contributed by atoms with Crippen molar-refractivity contribution in [1.82, 2.24) is 14.9 Å². The van der Waals surface area contributed by atoms with Crippen molar-refractivity contribution in [2.45, 2.75) is 51.4 Å². The summed E-state index contributed by atoms with van der Waals surface area (Å²) in [4.78, 5) is 36.6. The Morgan fingerprint density at radius 3 is 2.52 bits per heavy atom. The predicted molar refractivity (Wildman–Crippen MR) is 147 cm³/mol. The minimum Gasteiger partial charge on any atom is -0.369 e. The number of piperidine rings is 1. The van der Waals surface area contributed by atoms with Crippen LogP contribution in [0.4, 0.5) is 18.9 Å². The number of halogens is 4. The van der Waals surface area contributed by atoms with Gasteiger partial charge in [0.25, 0.3) is 0 Å². The smallest absolute Gasteiger partial charge is 0.369 e. The Kier molecular flexibility index (Phi) is 7.74. The minimum absolute atomic E-state index is 0.0179. The summed E-state index contributed by atoms with van der Waals surface area (Å²) in [5.74, 6) is 0.0516. The van der Waals surface area contributed by atoms with Gasteiger partial charge in [0.15, 0.2) is 0 Å². The molecule has 0 spiro atoms. The average Bonchev–Trinajstić information content (AvgIpc) is 3.27. The Morgan fingerprint density at radius 1 is 1.18 bits per heavy atom. The van der Waals surface area contributed by atoms with Gasteiger partial charge >= 0.3 is 6.18 Å². The number of hydrogen-bond donors (Lipinski definition) is 2. The van der Waals surface area contributed by atoms with Crippen LogP contribution >= 0.6 is 11.6 Å². The van der Waals surface area contributed by atoms with E-state index < -0.39 is 17.6 Å². The second-order valence-electron chi connectivity index (χ2n) is 10.2. The number of hydrogen-bond acceptors (Lipinski definition) is 4. The fourth-order valence-corrected chi connectivity index (χ4v) is 5.58. The standard InChI is InChI=1S/C29H29ClF3N5O2/c1-17-24(36-28(35-17)18-2-5-20(6-3-18)29(31,32)33)16-37-12-10-22(11-13-37)38-25-8-7-21(30)15-23(25)19(14-27(38)40)4-9-26(34)39/h2-8,15,22H,9-14,16H2,1H3,(H2,34,39)(H,35,36)/b19-4-. The van der Waals surface area contributed by atoms with Gasteiger partial charge in [-0.15, -0.1) is 0 Å². The molecule has 0 bridgehead atoms. The summed E-state index contributed by atoms with van der Waals surface area (Å²) in [6.07, 6.45) is -0.903. The average molecular weight is 572 g/mol. The first-order valence-corrected chi connectivity index (χ1v) is 13.4. The molecule has 2 aliphatic rings. The van der Waals surface area contributed by atoms with Crippen LogP contribution in [0.25, 0.3) is 17.0 Å². The van der Waals surface area contributed by atoms with Crippen molar-refractivity contribution in [2.24, 2.45) is 5.73 Å². The van der Waals surface area contributed by atoms with E-state index in [2.05, 4.69) is 14.9 Å². The predicted octanol–water partition coefficient (Wildman–Crippen LogP) is 5.72. The van der Waals surface area contributed by atoms with E-state index in [1.807, 2.05) is 24.0 Å². The fourth-order valence-electron chi connectivity index (χ4n) is 5.41. The number of carbonyl (C=O) groups is 2. The molecule has 0 saturated carbocycles. The van der Waals surface area contributed by atoms with E-state index >= 15 is 0 Å². The van der Waals surface area contributed by atoms with E-state index in [4.69, 9.17) is 17.3 Å². The number of nitrogens with two attached hydrogens (primary N) is 1. The number of aromatic nitrogens is 2. The highest BCUT2D eigenvalue weighted by molar-refractivity contribution is 6.31. The molecule has 0 unspecified atom stereocenters. The van der Waals surface area contributed by atoms with Crippen LogP contribution in [0.2, 0.25) is 5.02 Å². The quantitative estimate of drug-likeness (QED) is 0.396. The number of carbonyl (C=O) groups excluding carboxylic acids is 2. The maximum absolute atomic E-state index is 13.3. The van der Waals surface area contributed by atoms with Crippen molar-refractivity contribution >= 4 is 34.7 Å². The molecule has 40 heavy (non-hydrogen) atoms. The topological polar surface area (TPSA) is 95.3 Å². The summed E-state index contributed by atoms with van der Waals surface area (Å²) in [7, 11) is 0. The van der Waals surface area contributed by atoms with E-state index in [0.29, 0.717) is 23.0 Å². The van der Waals surface area contributed by atoms with Crippen LogP contribution < -0.4 is 10.6 Å². The monoisotopic (exact) mass is 571 g/mol. The molecule has 1 aromatic heterocycles. The number of imidazole rings is 1. The number of nitrogens with one attached hydrogen (secondary N) is 1. The molecule has 2 aromatic carbocycles. The highest BCUT2D eigenvalue weighted by Crippen LogP contribution is 2.40. The maximum Gasteiger partial charge on any atom is 0.416 e. The molecule has 3 heterocycles. The van der Waals surface area contributed by atoms with E-state index in [1.165, 1.54) is 12.1 Å². The van der Waals surface area contributed by atoms with Crippen molar-refractivity contribution in [3.05, 3.63) is 76.1 Å². The molecule has 1 saturated heterocycles. The summed E-state index contributed by atoms with van der Waals surface area (Å²) in [5, 5.41) is 0.554. The van der Waals surface area contributed by atoms with E-state index in [-0.39, 0.29) is 24.8 Å². The third-order valence-corrected chi connectivity index (χ3v) is 7.73. The number of fused-ring (bicyclic) bond motifs is 1. The molecule has 1 fully saturated rings. The molecule has 210 valence electrons. The highest BCUT2D eigenvalue weighted by Gasteiger charge is 2.35. The second-order valence-corrected chi connectivity index (χ2v) is 10.7. The first kappa shape index (κ1) is 27.9. The van der Waals surface area contributed by atoms with Gasteiger partial charge in [0, 0.05) is 53.9 Å². The Balaban J connectivity index is 1.26. The lowest BCUT2D eigenvalue weighted by Gasteiger charge is -2.41. The third-order valence-electron chi connectivity index (χ3n) is 7.49. The third kappa shape index (κ3) is 5.93. The summed E-state index contributed by atoms with van der Waals surface area (Å²) in [6.45, 7) is 4.00. The molecule has 3 N–H and O–H groups in total. The molecule has 5 rings (SSSR count). The van der Waals surface area contributed by atoms with E-state index in [1.54, 1.807) is 12.1 Å². The zero-order chi connectivity index (χ0) is 28.6.